The molecule has 0 spiro atoms. The van der Waals surface area contributed by atoms with Crippen LogP contribution < -0.4 is 21.2 Å². The fourth-order valence-electron chi connectivity index (χ4n) is 3.14. The number of hydrogen-bond donors (Lipinski definition) is 1. The summed E-state index contributed by atoms with van der Waals surface area (Å²) >= 11 is 0. The maximum absolute atomic E-state index is 14.6. The van der Waals surface area contributed by atoms with Crippen LogP contribution in [0.2, 0.25) is 0 Å². The minimum Gasteiger partial charge on any atom is -0.350 e. The van der Waals surface area contributed by atoms with Crippen LogP contribution in [0.25, 0.3) is 0 Å². The average Bonchev–Trinajstić information content (AvgIpc) is 2.68. The number of rotatable bonds is 5. The summed E-state index contributed by atoms with van der Waals surface area (Å²) in [6.45, 7) is 5.79. The average molecular weight is 377 g/mol. The number of amides is 1. The van der Waals surface area contributed by atoms with Gasteiger partial charge in [-0.1, -0.05) is 72.3 Å². The fraction of sp³-hybridized carbons (Fsp3) is 0.174. The van der Waals surface area contributed by atoms with Crippen LogP contribution in [0.4, 0.5) is 0 Å². The Morgan fingerprint density at radius 3 is 1.85 bits per heavy atom. The maximum atomic E-state index is 14.6. The summed E-state index contributed by atoms with van der Waals surface area (Å²) in [5.41, 5.74) is 1.43. The van der Waals surface area contributed by atoms with E-state index in [-0.39, 0.29) is 11.9 Å². The standard InChI is InChI=1S/C23H24NO2P/c1-17(2)24-23(25)21-15-14-18(3)16-22(21)27(26,19-10-6-4-7-11-19)20-12-8-5-9-13-20/h4-17H,1-3H3,(H,24,25). The predicted octanol–water partition coefficient (Wildman–Crippen LogP) is 3.77. The van der Waals surface area contributed by atoms with Gasteiger partial charge in [0.25, 0.3) is 5.91 Å². The van der Waals surface area contributed by atoms with Gasteiger partial charge in [-0.05, 0) is 32.9 Å². The number of aryl methyl sites for hydroxylation is 1. The molecule has 0 aliphatic carbocycles. The minimum atomic E-state index is -3.20. The van der Waals surface area contributed by atoms with Crippen LogP contribution in [-0.4, -0.2) is 11.9 Å². The van der Waals surface area contributed by atoms with Gasteiger partial charge in [0.15, 0.2) is 7.14 Å². The zero-order valence-electron chi connectivity index (χ0n) is 15.8. The largest absolute Gasteiger partial charge is 0.350 e. The van der Waals surface area contributed by atoms with Crippen molar-refractivity contribution in [2.75, 3.05) is 0 Å². The number of carbonyl (C=O) groups excluding carboxylic acids is 1. The van der Waals surface area contributed by atoms with Crippen LogP contribution in [0.1, 0.15) is 29.8 Å². The molecule has 0 atom stereocenters. The van der Waals surface area contributed by atoms with Crippen molar-refractivity contribution in [1.29, 1.82) is 0 Å². The molecule has 0 aromatic heterocycles. The van der Waals surface area contributed by atoms with Gasteiger partial charge in [-0.2, -0.15) is 0 Å². The Labute approximate surface area is 160 Å². The van der Waals surface area contributed by atoms with Crippen molar-refractivity contribution in [3.05, 3.63) is 90.0 Å². The van der Waals surface area contributed by atoms with Crippen LogP contribution in [-0.2, 0) is 4.57 Å². The molecule has 0 unspecified atom stereocenters. The molecule has 4 heteroatoms. The summed E-state index contributed by atoms with van der Waals surface area (Å²) in [4.78, 5) is 12.9. The lowest BCUT2D eigenvalue weighted by molar-refractivity contribution is 0.0944. The number of nitrogens with one attached hydrogen (secondary N) is 1. The van der Waals surface area contributed by atoms with Crippen molar-refractivity contribution in [2.24, 2.45) is 0 Å². The van der Waals surface area contributed by atoms with Gasteiger partial charge in [0.05, 0.1) is 5.56 Å². The van der Waals surface area contributed by atoms with Gasteiger partial charge in [0.1, 0.15) is 0 Å². The molecule has 0 heterocycles. The molecular weight excluding hydrogens is 353 g/mol. The second-order valence-corrected chi connectivity index (χ2v) is 9.66. The topological polar surface area (TPSA) is 46.2 Å². The molecule has 0 saturated heterocycles. The van der Waals surface area contributed by atoms with Crippen molar-refractivity contribution in [2.45, 2.75) is 26.8 Å². The zero-order chi connectivity index (χ0) is 19.4. The second-order valence-electron chi connectivity index (χ2n) is 6.93. The summed E-state index contributed by atoms with van der Waals surface area (Å²) in [7, 11) is -3.20. The highest BCUT2D eigenvalue weighted by Gasteiger charge is 2.33. The quantitative estimate of drug-likeness (QED) is 0.688. The third kappa shape index (κ3) is 3.89. The summed E-state index contributed by atoms with van der Waals surface area (Å²) < 4.78 is 14.6. The molecule has 0 fully saturated rings. The molecule has 0 aliphatic heterocycles. The summed E-state index contributed by atoms with van der Waals surface area (Å²) in [6, 6.07) is 24.4. The Morgan fingerprint density at radius 2 is 1.37 bits per heavy atom. The van der Waals surface area contributed by atoms with Crippen molar-refractivity contribution >= 4 is 29.0 Å². The molecule has 0 bridgehead atoms. The van der Waals surface area contributed by atoms with E-state index < -0.39 is 7.14 Å². The van der Waals surface area contributed by atoms with Crippen LogP contribution in [0.5, 0.6) is 0 Å². The van der Waals surface area contributed by atoms with Gasteiger partial charge in [-0.15, -0.1) is 0 Å². The first-order valence-corrected chi connectivity index (χ1v) is 10.8. The minimum absolute atomic E-state index is 0.000473. The number of benzene rings is 3. The first-order chi connectivity index (χ1) is 12.9. The van der Waals surface area contributed by atoms with Crippen LogP contribution in [0.3, 0.4) is 0 Å². The molecule has 0 saturated carbocycles. The molecule has 3 aromatic carbocycles. The van der Waals surface area contributed by atoms with E-state index in [1.165, 1.54) is 0 Å². The first kappa shape index (κ1) is 19.1. The molecule has 0 aliphatic rings. The summed E-state index contributed by atoms with van der Waals surface area (Å²) in [6.07, 6.45) is 0. The van der Waals surface area contributed by atoms with E-state index in [1.807, 2.05) is 93.6 Å². The second kappa shape index (κ2) is 7.94. The van der Waals surface area contributed by atoms with E-state index in [1.54, 1.807) is 6.07 Å². The Morgan fingerprint density at radius 1 is 0.852 bits per heavy atom. The maximum Gasteiger partial charge on any atom is 0.252 e. The van der Waals surface area contributed by atoms with E-state index in [0.29, 0.717) is 10.9 Å². The molecule has 138 valence electrons. The van der Waals surface area contributed by atoms with Crippen LogP contribution in [0, 0.1) is 6.92 Å². The van der Waals surface area contributed by atoms with E-state index >= 15 is 0 Å². The van der Waals surface area contributed by atoms with E-state index in [9.17, 15) is 9.36 Å². The molecule has 1 amide bonds. The molecule has 27 heavy (non-hydrogen) atoms. The first-order valence-electron chi connectivity index (χ1n) is 9.06. The normalized spacial score (nSPS) is 11.4. The van der Waals surface area contributed by atoms with Gasteiger partial charge in [-0.3, -0.25) is 4.79 Å². The SMILES string of the molecule is Cc1ccc(C(=O)NC(C)C)c(P(=O)(c2ccccc2)c2ccccc2)c1. The molecule has 1 N–H and O–H groups in total. The smallest absolute Gasteiger partial charge is 0.252 e. The molecule has 3 rings (SSSR count). The van der Waals surface area contributed by atoms with Gasteiger partial charge < -0.3 is 9.88 Å². The highest BCUT2D eigenvalue weighted by molar-refractivity contribution is 7.85. The van der Waals surface area contributed by atoms with Crippen molar-refractivity contribution < 1.29 is 9.36 Å². The van der Waals surface area contributed by atoms with Gasteiger partial charge in [0, 0.05) is 22.0 Å². The highest BCUT2D eigenvalue weighted by Crippen LogP contribution is 2.43. The van der Waals surface area contributed by atoms with Crippen molar-refractivity contribution in [3.63, 3.8) is 0 Å². The third-order valence-electron chi connectivity index (χ3n) is 4.40. The predicted molar refractivity (Wildman–Crippen MR) is 113 cm³/mol. The molecular formula is C23H24NO2P. The Hall–Kier alpha value is -2.64. The monoisotopic (exact) mass is 377 g/mol. The summed E-state index contributed by atoms with van der Waals surface area (Å²) in [5.74, 6) is -0.202. The third-order valence-corrected chi connectivity index (χ3v) is 7.50. The summed E-state index contributed by atoms with van der Waals surface area (Å²) in [5, 5.41) is 4.96. The lowest BCUT2D eigenvalue weighted by Crippen LogP contribution is -2.36. The van der Waals surface area contributed by atoms with Gasteiger partial charge in [0.2, 0.25) is 0 Å². The number of carbonyl (C=O) groups is 1. The van der Waals surface area contributed by atoms with Crippen LogP contribution >= 0.6 is 7.14 Å². The highest BCUT2D eigenvalue weighted by atomic mass is 31.2. The fourth-order valence-corrected chi connectivity index (χ4v) is 6.08. The van der Waals surface area contributed by atoms with E-state index in [2.05, 4.69) is 5.32 Å². The zero-order valence-corrected chi connectivity index (χ0v) is 16.7. The Kier molecular flexibility index (Phi) is 5.62. The lowest BCUT2D eigenvalue weighted by atomic mass is 10.1. The Bertz CT molecular complexity index is 938. The number of hydrogen-bond acceptors (Lipinski definition) is 2. The van der Waals surface area contributed by atoms with E-state index in [4.69, 9.17) is 0 Å². The van der Waals surface area contributed by atoms with E-state index in [0.717, 1.165) is 16.2 Å². The molecule has 3 aromatic rings. The van der Waals surface area contributed by atoms with Gasteiger partial charge in [-0.25, -0.2) is 0 Å². The van der Waals surface area contributed by atoms with Crippen LogP contribution in [0.15, 0.2) is 78.9 Å². The van der Waals surface area contributed by atoms with Crippen molar-refractivity contribution in [1.82, 2.24) is 5.32 Å². The van der Waals surface area contributed by atoms with Gasteiger partial charge >= 0.3 is 0 Å². The lowest BCUT2D eigenvalue weighted by Gasteiger charge is -2.23. The van der Waals surface area contributed by atoms with Crippen molar-refractivity contribution in [3.8, 4) is 0 Å². The molecule has 0 radical (unpaired) electrons. The Balaban J connectivity index is 2.30. The molecule has 3 nitrogen and oxygen atoms in total.